The molecule has 0 radical (unpaired) electrons. The van der Waals surface area contributed by atoms with Gasteiger partial charge in [-0.15, -0.1) is 0 Å². The molecule has 2 unspecified atom stereocenters. The maximum Gasteiger partial charge on any atom is 0.223 e. The zero-order valence-electron chi connectivity index (χ0n) is 11.6. The molecular formula is C13H23N5O. The Balaban J connectivity index is 2.04. The highest BCUT2D eigenvalue weighted by molar-refractivity contribution is 5.51. The summed E-state index contributed by atoms with van der Waals surface area (Å²) in [7, 11) is 1.76. The summed E-state index contributed by atoms with van der Waals surface area (Å²) in [6.07, 6.45) is 4.66. The van der Waals surface area contributed by atoms with Gasteiger partial charge in [-0.1, -0.05) is 6.92 Å². The van der Waals surface area contributed by atoms with Crippen molar-refractivity contribution in [1.29, 1.82) is 0 Å². The van der Waals surface area contributed by atoms with Gasteiger partial charge in [-0.3, -0.25) is 0 Å². The summed E-state index contributed by atoms with van der Waals surface area (Å²) < 4.78 is 5.47. The number of ether oxygens (including phenoxy) is 1. The summed E-state index contributed by atoms with van der Waals surface area (Å²) in [5, 5.41) is 6.63. The molecule has 1 fully saturated rings. The maximum absolute atomic E-state index is 5.74. The second kappa shape index (κ2) is 6.56. The smallest absolute Gasteiger partial charge is 0.223 e. The van der Waals surface area contributed by atoms with E-state index < -0.39 is 0 Å². The lowest BCUT2D eigenvalue weighted by Crippen LogP contribution is -2.30. The molecule has 1 saturated carbocycles. The van der Waals surface area contributed by atoms with Gasteiger partial charge in [-0.25, -0.2) is 0 Å². The molecule has 2 atom stereocenters. The summed E-state index contributed by atoms with van der Waals surface area (Å²) in [6.45, 7) is 2.98. The van der Waals surface area contributed by atoms with Gasteiger partial charge >= 0.3 is 0 Å². The molecule has 19 heavy (non-hydrogen) atoms. The van der Waals surface area contributed by atoms with Crippen LogP contribution < -0.4 is 16.4 Å². The molecule has 1 aliphatic carbocycles. The molecule has 0 saturated heterocycles. The van der Waals surface area contributed by atoms with Crippen LogP contribution in [-0.4, -0.2) is 35.8 Å². The quantitative estimate of drug-likeness (QED) is 0.728. The number of hydrogen-bond acceptors (Lipinski definition) is 6. The Morgan fingerprint density at radius 1 is 1.37 bits per heavy atom. The van der Waals surface area contributed by atoms with Gasteiger partial charge in [0.05, 0.1) is 12.1 Å². The van der Waals surface area contributed by atoms with Crippen LogP contribution in [0.1, 0.15) is 32.6 Å². The molecule has 6 heteroatoms. The van der Waals surface area contributed by atoms with Gasteiger partial charge in [0.2, 0.25) is 5.95 Å². The zero-order valence-corrected chi connectivity index (χ0v) is 11.6. The Kier molecular flexibility index (Phi) is 4.79. The Morgan fingerprint density at radius 2 is 2.16 bits per heavy atom. The van der Waals surface area contributed by atoms with E-state index in [1.54, 1.807) is 7.11 Å². The van der Waals surface area contributed by atoms with Crippen LogP contribution in [0.15, 0.2) is 6.07 Å². The minimum Gasteiger partial charge on any atom is -0.379 e. The average Bonchev–Trinajstić information content (AvgIpc) is 2.83. The minimum atomic E-state index is 0.253. The van der Waals surface area contributed by atoms with E-state index in [9.17, 15) is 0 Å². The summed E-state index contributed by atoms with van der Waals surface area (Å²) in [5.41, 5.74) is 5.74. The van der Waals surface area contributed by atoms with E-state index in [-0.39, 0.29) is 12.1 Å². The van der Waals surface area contributed by atoms with Gasteiger partial charge in [0, 0.05) is 19.7 Å². The normalized spacial score (nSPS) is 22.4. The van der Waals surface area contributed by atoms with Crippen LogP contribution in [0.4, 0.5) is 17.6 Å². The fraction of sp³-hybridized carbons (Fsp3) is 0.692. The highest BCUT2D eigenvalue weighted by atomic mass is 16.5. The van der Waals surface area contributed by atoms with Crippen molar-refractivity contribution in [3.8, 4) is 0 Å². The van der Waals surface area contributed by atoms with Crippen molar-refractivity contribution in [2.75, 3.05) is 30.0 Å². The molecule has 0 bridgehead atoms. The molecule has 0 amide bonds. The average molecular weight is 265 g/mol. The number of hydrogen-bond donors (Lipinski definition) is 3. The number of aromatic nitrogens is 2. The van der Waals surface area contributed by atoms with Crippen LogP contribution in [0, 0.1) is 0 Å². The van der Waals surface area contributed by atoms with Crippen molar-refractivity contribution >= 4 is 17.6 Å². The summed E-state index contributed by atoms with van der Waals surface area (Å²) in [5.74, 6) is 1.82. The van der Waals surface area contributed by atoms with Crippen LogP contribution in [0.3, 0.4) is 0 Å². The third-order valence-electron chi connectivity index (χ3n) is 3.39. The molecule has 1 aliphatic rings. The Hall–Kier alpha value is -1.56. The van der Waals surface area contributed by atoms with Gasteiger partial charge in [-0.05, 0) is 25.7 Å². The Bertz CT molecular complexity index is 412. The maximum atomic E-state index is 5.74. The van der Waals surface area contributed by atoms with Crippen LogP contribution >= 0.6 is 0 Å². The third-order valence-corrected chi connectivity index (χ3v) is 3.39. The number of nitrogens with zero attached hydrogens (tertiary/aromatic N) is 2. The lowest BCUT2D eigenvalue weighted by Gasteiger charge is -2.20. The molecular weight excluding hydrogens is 242 g/mol. The zero-order chi connectivity index (χ0) is 13.7. The first-order valence-electron chi connectivity index (χ1n) is 6.90. The van der Waals surface area contributed by atoms with Crippen molar-refractivity contribution in [3.05, 3.63) is 6.07 Å². The topological polar surface area (TPSA) is 85.1 Å². The van der Waals surface area contributed by atoms with Crippen molar-refractivity contribution < 1.29 is 4.74 Å². The molecule has 1 aromatic heterocycles. The standard InChI is InChI=1S/C13H23N5O/c1-3-7-15-11-8-12(18-13(14)17-11)16-9-5-4-6-10(9)19-2/h8-10H,3-7H2,1-2H3,(H4,14,15,16,17,18). The molecule has 0 spiro atoms. The first kappa shape index (κ1) is 13.9. The first-order chi connectivity index (χ1) is 9.22. The summed E-state index contributed by atoms with van der Waals surface area (Å²) in [6, 6.07) is 2.20. The molecule has 1 aromatic rings. The molecule has 4 N–H and O–H groups in total. The van der Waals surface area contributed by atoms with Gasteiger partial charge in [0.15, 0.2) is 0 Å². The van der Waals surface area contributed by atoms with Gasteiger partial charge in [0.1, 0.15) is 11.6 Å². The second-order valence-electron chi connectivity index (χ2n) is 4.88. The number of rotatable bonds is 6. The van der Waals surface area contributed by atoms with Gasteiger partial charge < -0.3 is 21.1 Å². The molecule has 1 heterocycles. The van der Waals surface area contributed by atoms with E-state index in [0.717, 1.165) is 37.4 Å². The number of methoxy groups -OCH3 is 1. The summed E-state index contributed by atoms with van der Waals surface area (Å²) in [4.78, 5) is 8.40. The highest BCUT2D eigenvalue weighted by Crippen LogP contribution is 2.25. The lowest BCUT2D eigenvalue weighted by molar-refractivity contribution is 0.101. The third kappa shape index (κ3) is 3.70. The van der Waals surface area contributed by atoms with Crippen molar-refractivity contribution in [2.24, 2.45) is 0 Å². The van der Waals surface area contributed by atoms with Crippen molar-refractivity contribution in [3.63, 3.8) is 0 Å². The van der Waals surface area contributed by atoms with E-state index >= 15 is 0 Å². The van der Waals surface area contributed by atoms with E-state index in [1.165, 1.54) is 6.42 Å². The second-order valence-corrected chi connectivity index (χ2v) is 4.88. The predicted octanol–water partition coefficient (Wildman–Crippen LogP) is 1.86. The fourth-order valence-electron chi connectivity index (χ4n) is 2.45. The van der Waals surface area contributed by atoms with Gasteiger partial charge in [-0.2, -0.15) is 9.97 Å². The fourth-order valence-corrected chi connectivity index (χ4v) is 2.45. The van der Waals surface area contributed by atoms with Crippen molar-refractivity contribution in [1.82, 2.24) is 9.97 Å². The number of anilines is 3. The minimum absolute atomic E-state index is 0.253. The van der Waals surface area contributed by atoms with E-state index in [4.69, 9.17) is 10.5 Å². The largest absolute Gasteiger partial charge is 0.379 e. The molecule has 0 aromatic carbocycles. The molecule has 106 valence electrons. The SMILES string of the molecule is CCCNc1cc(NC2CCCC2OC)nc(N)n1. The van der Waals surface area contributed by atoms with Crippen LogP contribution in [0.5, 0.6) is 0 Å². The van der Waals surface area contributed by atoms with Crippen LogP contribution in [0.25, 0.3) is 0 Å². The Labute approximate surface area is 114 Å². The monoisotopic (exact) mass is 265 g/mol. The lowest BCUT2D eigenvalue weighted by atomic mass is 10.2. The first-order valence-corrected chi connectivity index (χ1v) is 6.90. The van der Waals surface area contributed by atoms with E-state index in [1.807, 2.05) is 6.07 Å². The van der Waals surface area contributed by atoms with E-state index in [0.29, 0.717) is 6.04 Å². The van der Waals surface area contributed by atoms with E-state index in [2.05, 4.69) is 27.5 Å². The number of nitrogen functional groups attached to an aromatic ring is 1. The van der Waals surface area contributed by atoms with Crippen LogP contribution in [-0.2, 0) is 4.74 Å². The van der Waals surface area contributed by atoms with Crippen molar-refractivity contribution in [2.45, 2.75) is 44.8 Å². The van der Waals surface area contributed by atoms with Crippen LogP contribution in [0.2, 0.25) is 0 Å². The predicted molar refractivity (Wildman–Crippen MR) is 77.3 cm³/mol. The molecule has 0 aliphatic heterocycles. The molecule has 6 nitrogen and oxygen atoms in total. The highest BCUT2D eigenvalue weighted by Gasteiger charge is 2.27. The number of nitrogens with one attached hydrogen (secondary N) is 2. The number of nitrogens with two attached hydrogens (primary N) is 1. The molecule has 2 rings (SSSR count). The van der Waals surface area contributed by atoms with Gasteiger partial charge in [0.25, 0.3) is 0 Å². The summed E-state index contributed by atoms with van der Waals surface area (Å²) >= 11 is 0. The Morgan fingerprint density at radius 3 is 2.89 bits per heavy atom.